The molecule has 2 atom stereocenters. The number of hydrogen-bond acceptors (Lipinski definition) is 2. The number of alkyl halides is 1. The topological polar surface area (TPSA) is 34.1 Å². The van der Waals surface area contributed by atoms with E-state index in [0.717, 1.165) is 31.2 Å². The Labute approximate surface area is 117 Å². The van der Waals surface area contributed by atoms with Crippen LogP contribution in [0, 0.1) is 6.92 Å². The SMILES string of the molecule is Cc1ccc(S(=O)(=O)[C@@H]2CCCC[C@H]2I)cc1. The Kier molecular flexibility index (Phi) is 4.13. The van der Waals surface area contributed by atoms with Crippen LogP contribution in [0.1, 0.15) is 31.2 Å². The van der Waals surface area contributed by atoms with Crippen LogP contribution in [0.5, 0.6) is 0 Å². The molecule has 1 aromatic rings. The molecule has 1 aromatic carbocycles. The zero-order valence-electron chi connectivity index (χ0n) is 9.90. The second kappa shape index (κ2) is 5.26. The molecule has 1 fully saturated rings. The van der Waals surface area contributed by atoms with Crippen molar-refractivity contribution in [2.24, 2.45) is 0 Å². The predicted molar refractivity (Wildman–Crippen MR) is 78.4 cm³/mol. The molecule has 2 rings (SSSR count). The van der Waals surface area contributed by atoms with Gasteiger partial charge in [-0.15, -0.1) is 0 Å². The third-order valence-corrected chi connectivity index (χ3v) is 7.64. The van der Waals surface area contributed by atoms with Crippen molar-refractivity contribution in [1.29, 1.82) is 0 Å². The molecule has 0 N–H and O–H groups in total. The largest absolute Gasteiger partial charge is 0.223 e. The number of halogens is 1. The van der Waals surface area contributed by atoms with Gasteiger partial charge in [-0.2, -0.15) is 0 Å². The molecule has 1 aliphatic rings. The maximum atomic E-state index is 12.5. The summed E-state index contributed by atoms with van der Waals surface area (Å²) in [5.41, 5.74) is 1.10. The number of hydrogen-bond donors (Lipinski definition) is 0. The first-order valence-electron chi connectivity index (χ1n) is 5.96. The zero-order valence-corrected chi connectivity index (χ0v) is 12.9. The lowest BCUT2D eigenvalue weighted by Gasteiger charge is -2.27. The van der Waals surface area contributed by atoms with E-state index >= 15 is 0 Å². The summed E-state index contributed by atoms with van der Waals surface area (Å²) in [7, 11) is -3.14. The summed E-state index contributed by atoms with van der Waals surface area (Å²) in [6.45, 7) is 1.97. The molecule has 0 aromatic heterocycles. The molecule has 17 heavy (non-hydrogen) atoms. The Balaban J connectivity index is 2.32. The minimum atomic E-state index is -3.14. The summed E-state index contributed by atoms with van der Waals surface area (Å²) in [6.07, 6.45) is 4.03. The fraction of sp³-hybridized carbons (Fsp3) is 0.538. The van der Waals surface area contributed by atoms with E-state index in [0.29, 0.717) is 4.90 Å². The van der Waals surface area contributed by atoms with Crippen LogP contribution in [0.15, 0.2) is 29.2 Å². The summed E-state index contributed by atoms with van der Waals surface area (Å²) in [5, 5.41) is -0.195. The van der Waals surface area contributed by atoms with Gasteiger partial charge in [-0.3, -0.25) is 0 Å². The molecule has 2 nitrogen and oxygen atoms in total. The van der Waals surface area contributed by atoms with Crippen molar-refractivity contribution in [3.05, 3.63) is 29.8 Å². The monoisotopic (exact) mass is 364 g/mol. The molecular weight excluding hydrogens is 347 g/mol. The van der Waals surface area contributed by atoms with Crippen molar-refractivity contribution in [2.45, 2.75) is 46.7 Å². The van der Waals surface area contributed by atoms with Crippen LogP contribution in [0.3, 0.4) is 0 Å². The van der Waals surface area contributed by atoms with E-state index in [-0.39, 0.29) is 9.17 Å². The summed E-state index contributed by atoms with van der Waals surface area (Å²) >= 11 is 2.30. The molecule has 1 aliphatic carbocycles. The normalized spacial score (nSPS) is 25.8. The Morgan fingerprint density at radius 2 is 1.71 bits per heavy atom. The molecule has 0 amide bonds. The van der Waals surface area contributed by atoms with Gasteiger partial charge >= 0.3 is 0 Å². The molecule has 0 aliphatic heterocycles. The van der Waals surface area contributed by atoms with E-state index in [9.17, 15) is 8.42 Å². The highest BCUT2D eigenvalue weighted by molar-refractivity contribution is 14.1. The quantitative estimate of drug-likeness (QED) is 0.595. The fourth-order valence-corrected chi connectivity index (χ4v) is 6.13. The average Bonchev–Trinajstić information content (AvgIpc) is 2.30. The van der Waals surface area contributed by atoms with Crippen molar-refractivity contribution in [1.82, 2.24) is 0 Å². The number of benzene rings is 1. The van der Waals surface area contributed by atoms with Gasteiger partial charge in [-0.1, -0.05) is 53.1 Å². The second-order valence-corrected chi connectivity index (χ2v) is 8.46. The van der Waals surface area contributed by atoms with E-state index in [1.165, 1.54) is 0 Å². The van der Waals surface area contributed by atoms with Crippen molar-refractivity contribution < 1.29 is 8.42 Å². The Hall–Kier alpha value is -0.100. The van der Waals surface area contributed by atoms with E-state index in [2.05, 4.69) is 22.6 Å². The first-order chi connectivity index (χ1) is 8.01. The van der Waals surface area contributed by atoms with Gasteiger partial charge in [0.15, 0.2) is 9.84 Å². The molecule has 94 valence electrons. The molecule has 1 saturated carbocycles. The highest BCUT2D eigenvalue weighted by atomic mass is 127. The summed E-state index contributed by atoms with van der Waals surface area (Å²) in [5.74, 6) is 0. The van der Waals surface area contributed by atoms with Gasteiger partial charge in [-0.25, -0.2) is 8.42 Å². The lowest BCUT2D eigenvalue weighted by molar-refractivity contribution is 0.502. The van der Waals surface area contributed by atoms with Crippen molar-refractivity contribution >= 4 is 32.4 Å². The van der Waals surface area contributed by atoms with Crippen LogP contribution < -0.4 is 0 Å². The van der Waals surface area contributed by atoms with Crippen LogP contribution >= 0.6 is 22.6 Å². The Bertz CT molecular complexity index is 479. The molecular formula is C13H17IO2S. The summed E-state index contributed by atoms with van der Waals surface area (Å²) in [6, 6.07) is 7.22. The third kappa shape index (κ3) is 2.84. The van der Waals surface area contributed by atoms with Crippen molar-refractivity contribution in [3.63, 3.8) is 0 Å². The smallest absolute Gasteiger partial charge is 0.182 e. The fourth-order valence-electron chi connectivity index (χ4n) is 2.30. The minimum Gasteiger partial charge on any atom is -0.223 e. The summed E-state index contributed by atoms with van der Waals surface area (Å²) in [4.78, 5) is 0.483. The van der Waals surface area contributed by atoms with E-state index < -0.39 is 9.84 Å². The van der Waals surface area contributed by atoms with Crippen molar-refractivity contribution in [2.75, 3.05) is 0 Å². The number of rotatable bonds is 2. The summed E-state index contributed by atoms with van der Waals surface area (Å²) < 4.78 is 25.3. The molecule has 0 heterocycles. The maximum Gasteiger partial charge on any atom is 0.182 e. The molecule has 4 heteroatoms. The van der Waals surface area contributed by atoms with Gasteiger partial charge in [0, 0.05) is 3.92 Å². The van der Waals surface area contributed by atoms with Gasteiger partial charge in [0.25, 0.3) is 0 Å². The van der Waals surface area contributed by atoms with E-state index in [4.69, 9.17) is 0 Å². The van der Waals surface area contributed by atoms with E-state index in [1.807, 2.05) is 19.1 Å². The van der Waals surface area contributed by atoms with Gasteiger partial charge < -0.3 is 0 Å². The number of aryl methyl sites for hydroxylation is 1. The average molecular weight is 364 g/mol. The van der Waals surface area contributed by atoms with Crippen molar-refractivity contribution in [3.8, 4) is 0 Å². The first-order valence-corrected chi connectivity index (χ1v) is 8.75. The lowest BCUT2D eigenvalue weighted by Crippen LogP contribution is -2.33. The highest BCUT2D eigenvalue weighted by Gasteiger charge is 2.34. The minimum absolute atomic E-state index is 0.195. The molecule has 0 spiro atoms. The van der Waals surface area contributed by atoms with Gasteiger partial charge in [0.2, 0.25) is 0 Å². The van der Waals surface area contributed by atoms with Gasteiger partial charge in [0.05, 0.1) is 10.1 Å². The molecule has 0 saturated heterocycles. The molecule has 0 bridgehead atoms. The van der Waals surface area contributed by atoms with Crippen LogP contribution in [-0.2, 0) is 9.84 Å². The second-order valence-electron chi connectivity index (χ2n) is 4.70. The Morgan fingerprint density at radius 3 is 2.29 bits per heavy atom. The maximum absolute atomic E-state index is 12.5. The molecule has 0 radical (unpaired) electrons. The zero-order chi connectivity index (χ0) is 12.5. The van der Waals surface area contributed by atoms with Crippen LogP contribution in [0.4, 0.5) is 0 Å². The third-order valence-electron chi connectivity index (χ3n) is 3.37. The standard InChI is InChI=1S/C13H17IO2S/c1-10-6-8-11(9-7-10)17(15,16)13-5-3-2-4-12(13)14/h6-9,12-13H,2-5H2,1H3/t12-,13-/m1/s1. The van der Waals surface area contributed by atoms with Gasteiger partial charge in [0.1, 0.15) is 0 Å². The predicted octanol–water partition coefficient (Wildman–Crippen LogP) is 3.51. The first kappa shape index (κ1) is 13.3. The van der Waals surface area contributed by atoms with Gasteiger partial charge in [-0.05, 0) is 31.9 Å². The van der Waals surface area contributed by atoms with Crippen LogP contribution in [0.2, 0.25) is 0 Å². The van der Waals surface area contributed by atoms with E-state index in [1.54, 1.807) is 12.1 Å². The Morgan fingerprint density at radius 1 is 1.12 bits per heavy atom. The number of sulfone groups is 1. The highest BCUT2D eigenvalue weighted by Crippen LogP contribution is 2.33. The van der Waals surface area contributed by atoms with Crippen LogP contribution in [-0.4, -0.2) is 17.6 Å². The van der Waals surface area contributed by atoms with Crippen LogP contribution in [0.25, 0.3) is 0 Å². The lowest BCUT2D eigenvalue weighted by atomic mass is 10.0. The molecule has 0 unspecified atom stereocenters.